The van der Waals surface area contributed by atoms with Crippen LogP contribution in [0.1, 0.15) is 13.8 Å². The topological polar surface area (TPSA) is 84.5 Å². The van der Waals surface area contributed by atoms with Gasteiger partial charge in [-0.3, -0.25) is 4.79 Å². The zero-order valence-corrected chi connectivity index (χ0v) is 15.5. The van der Waals surface area contributed by atoms with E-state index in [0.29, 0.717) is 23.1 Å². The van der Waals surface area contributed by atoms with E-state index in [1.54, 1.807) is 36.6 Å². The van der Waals surface area contributed by atoms with Crippen LogP contribution < -0.4 is 14.8 Å². The molecule has 1 amide bonds. The molecule has 2 rings (SSSR count). The van der Waals surface area contributed by atoms with E-state index in [1.165, 1.54) is 13.0 Å². The number of anilines is 1. The number of ether oxygens (including phenoxy) is 1. The van der Waals surface area contributed by atoms with Crippen LogP contribution in [0.2, 0.25) is 5.02 Å². The van der Waals surface area contributed by atoms with Gasteiger partial charge in [-0.1, -0.05) is 23.7 Å². The lowest BCUT2D eigenvalue weighted by Crippen LogP contribution is -2.41. The molecule has 24 heavy (non-hydrogen) atoms. The van der Waals surface area contributed by atoms with E-state index in [2.05, 4.69) is 10.0 Å². The second-order valence-corrected chi connectivity index (χ2v) is 8.11. The molecule has 0 aliphatic rings. The zero-order valence-electron chi connectivity index (χ0n) is 13.1. The fraction of sp³-hybridized carbons (Fsp3) is 0.267. The number of rotatable bonds is 7. The number of thiophene rings is 1. The fourth-order valence-corrected chi connectivity index (χ4v) is 4.34. The Hall–Kier alpha value is -1.61. The van der Waals surface area contributed by atoms with Gasteiger partial charge in [-0.25, -0.2) is 8.42 Å². The molecule has 1 aromatic carbocycles. The van der Waals surface area contributed by atoms with Crippen LogP contribution >= 0.6 is 22.9 Å². The van der Waals surface area contributed by atoms with Crippen LogP contribution in [0.3, 0.4) is 0 Å². The number of sulfonamides is 1. The summed E-state index contributed by atoms with van der Waals surface area (Å²) in [5, 5.41) is 4.65. The van der Waals surface area contributed by atoms with Crippen LogP contribution in [0, 0.1) is 0 Å². The predicted octanol–water partition coefficient (Wildman–Crippen LogP) is 3.11. The van der Waals surface area contributed by atoms with Gasteiger partial charge in [0.15, 0.2) is 5.75 Å². The Kier molecular flexibility index (Phi) is 6.22. The van der Waals surface area contributed by atoms with E-state index in [0.717, 1.165) is 11.3 Å². The van der Waals surface area contributed by atoms with Gasteiger partial charge in [0.1, 0.15) is 4.21 Å². The number of nitrogens with one attached hydrogen (secondary N) is 2. The van der Waals surface area contributed by atoms with E-state index >= 15 is 0 Å². The first kappa shape index (κ1) is 18.7. The second kappa shape index (κ2) is 7.98. The highest BCUT2D eigenvalue weighted by atomic mass is 35.5. The molecule has 1 aromatic heterocycles. The molecule has 1 heterocycles. The van der Waals surface area contributed by atoms with Crippen LogP contribution in [-0.4, -0.2) is 27.0 Å². The molecule has 130 valence electrons. The first-order valence-corrected chi connectivity index (χ1v) is 9.87. The summed E-state index contributed by atoms with van der Waals surface area (Å²) >= 11 is 7.14. The van der Waals surface area contributed by atoms with Gasteiger partial charge >= 0.3 is 0 Å². The van der Waals surface area contributed by atoms with Crippen molar-refractivity contribution in [2.45, 2.75) is 24.1 Å². The number of halogens is 1. The number of amides is 1. The van der Waals surface area contributed by atoms with Gasteiger partial charge in [0, 0.05) is 0 Å². The summed E-state index contributed by atoms with van der Waals surface area (Å²) in [6.45, 7) is 3.64. The first-order valence-electron chi connectivity index (χ1n) is 7.13. The minimum atomic E-state index is -3.73. The summed E-state index contributed by atoms with van der Waals surface area (Å²) < 4.78 is 32.2. The van der Waals surface area contributed by atoms with Gasteiger partial charge in [0.25, 0.3) is 10.0 Å². The number of para-hydroxylation sites is 1. The summed E-state index contributed by atoms with van der Waals surface area (Å²) in [5.41, 5.74) is 0.386. The molecule has 1 atom stereocenters. The highest BCUT2D eigenvalue weighted by Crippen LogP contribution is 2.33. The Labute approximate surface area is 149 Å². The summed E-state index contributed by atoms with van der Waals surface area (Å²) in [5.74, 6) is -0.165. The van der Waals surface area contributed by atoms with Crippen molar-refractivity contribution in [3.8, 4) is 5.75 Å². The maximum absolute atomic E-state index is 12.3. The van der Waals surface area contributed by atoms with Crippen molar-refractivity contribution in [3.05, 3.63) is 40.7 Å². The molecule has 9 heteroatoms. The Morgan fingerprint density at radius 1 is 1.33 bits per heavy atom. The molecular weight excluding hydrogens is 372 g/mol. The molecule has 0 fully saturated rings. The van der Waals surface area contributed by atoms with Crippen molar-refractivity contribution in [3.63, 3.8) is 0 Å². The average Bonchev–Trinajstić information content (AvgIpc) is 3.05. The van der Waals surface area contributed by atoms with Gasteiger partial charge in [-0.2, -0.15) is 4.72 Å². The smallest absolute Gasteiger partial charge is 0.250 e. The molecule has 0 saturated carbocycles. The number of carbonyl (C=O) groups excluding carboxylic acids is 1. The van der Waals surface area contributed by atoms with Gasteiger partial charge in [-0.05, 0) is 37.4 Å². The van der Waals surface area contributed by atoms with Crippen LogP contribution in [0.15, 0.2) is 39.9 Å². The Balaban J connectivity index is 2.11. The maximum atomic E-state index is 12.3. The summed E-state index contributed by atoms with van der Waals surface area (Å²) in [6, 6.07) is 7.08. The summed E-state index contributed by atoms with van der Waals surface area (Å²) in [4.78, 5) is 12.3. The van der Waals surface area contributed by atoms with Gasteiger partial charge in [0.2, 0.25) is 5.91 Å². The van der Waals surface area contributed by atoms with Crippen LogP contribution in [0.25, 0.3) is 0 Å². The van der Waals surface area contributed by atoms with Crippen LogP contribution in [0.4, 0.5) is 5.69 Å². The van der Waals surface area contributed by atoms with Gasteiger partial charge < -0.3 is 10.1 Å². The van der Waals surface area contributed by atoms with Crippen molar-refractivity contribution in [1.29, 1.82) is 0 Å². The van der Waals surface area contributed by atoms with E-state index in [9.17, 15) is 13.2 Å². The first-order chi connectivity index (χ1) is 11.3. The monoisotopic (exact) mass is 388 g/mol. The number of hydrogen-bond donors (Lipinski definition) is 2. The largest absolute Gasteiger partial charge is 0.490 e. The minimum Gasteiger partial charge on any atom is -0.490 e. The summed E-state index contributed by atoms with van der Waals surface area (Å²) in [6.07, 6.45) is 0. The lowest BCUT2D eigenvalue weighted by molar-refractivity contribution is -0.117. The van der Waals surface area contributed by atoms with Crippen molar-refractivity contribution in [1.82, 2.24) is 4.72 Å². The van der Waals surface area contributed by atoms with E-state index in [4.69, 9.17) is 16.3 Å². The third kappa shape index (κ3) is 4.47. The number of benzene rings is 1. The van der Waals surface area contributed by atoms with Crippen molar-refractivity contribution < 1.29 is 17.9 Å². The molecule has 2 N–H and O–H groups in total. The zero-order chi connectivity index (χ0) is 17.7. The third-order valence-corrected chi connectivity index (χ3v) is 6.23. The lowest BCUT2D eigenvalue weighted by Gasteiger charge is -2.16. The average molecular weight is 389 g/mol. The molecule has 0 spiro atoms. The van der Waals surface area contributed by atoms with E-state index < -0.39 is 22.0 Å². The molecule has 0 saturated heterocycles. The quantitative estimate of drug-likeness (QED) is 0.763. The molecule has 6 nitrogen and oxygen atoms in total. The van der Waals surface area contributed by atoms with E-state index in [-0.39, 0.29) is 4.21 Å². The van der Waals surface area contributed by atoms with E-state index in [1.807, 2.05) is 0 Å². The molecule has 0 bridgehead atoms. The standard InChI is InChI=1S/C15H17ClN2O4S2/c1-3-22-14-11(16)6-4-7-12(14)17-15(19)10(2)18-24(20,21)13-8-5-9-23-13/h4-10,18H,3H2,1-2H3,(H,17,19). The highest BCUT2D eigenvalue weighted by molar-refractivity contribution is 7.91. The highest BCUT2D eigenvalue weighted by Gasteiger charge is 2.23. The normalized spacial score (nSPS) is 12.6. The lowest BCUT2D eigenvalue weighted by atomic mass is 10.2. The summed E-state index contributed by atoms with van der Waals surface area (Å²) in [7, 11) is -3.73. The molecule has 2 aromatic rings. The Morgan fingerprint density at radius 2 is 2.08 bits per heavy atom. The minimum absolute atomic E-state index is 0.153. The molecule has 0 aliphatic carbocycles. The van der Waals surface area contributed by atoms with Crippen molar-refractivity contribution >= 4 is 44.6 Å². The molecule has 0 aliphatic heterocycles. The Morgan fingerprint density at radius 3 is 2.71 bits per heavy atom. The molecular formula is C15H17ClN2O4S2. The fourth-order valence-electron chi connectivity index (χ4n) is 1.90. The Bertz CT molecular complexity index is 807. The number of carbonyl (C=O) groups is 1. The van der Waals surface area contributed by atoms with Crippen LogP contribution in [-0.2, 0) is 14.8 Å². The van der Waals surface area contributed by atoms with Crippen molar-refractivity contribution in [2.24, 2.45) is 0 Å². The van der Waals surface area contributed by atoms with Gasteiger partial charge in [-0.15, -0.1) is 11.3 Å². The van der Waals surface area contributed by atoms with Gasteiger partial charge in [0.05, 0.1) is 23.4 Å². The molecule has 1 unspecified atom stereocenters. The third-order valence-electron chi connectivity index (χ3n) is 3.00. The number of hydrogen-bond acceptors (Lipinski definition) is 5. The predicted molar refractivity (Wildman–Crippen MR) is 95.4 cm³/mol. The van der Waals surface area contributed by atoms with Crippen molar-refractivity contribution in [2.75, 3.05) is 11.9 Å². The second-order valence-electron chi connectivity index (χ2n) is 4.81. The molecule has 0 radical (unpaired) electrons. The van der Waals surface area contributed by atoms with Crippen LogP contribution in [0.5, 0.6) is 5.75 Å². The SMILES string of the molecule is CCOc1c(Cl)cccc1NC(=O)C(C)NS(=O)(=O)c1cccs1. The maximum Gasteiger partial charge on any atom is 0.250 e.